The van der Waals surface area contributed by atoms with Crippen LogP contribution in [0.3, 0.4) is 0 Å². The summed E-state index contributed by atoms with van der Waals surface area (Å²) in [4.78, 5) is 19.4. The van der Waals surface area contributed by atoms with Gasteiger partial charge in [0.1, 0.15) is 5.01 Å². The molecule has 1 aliphatic heterocycles. The zero-order valence-electron chi connectivity index (χ0n) is 17.6. The Morgan fingerprint density at radius 1 is 1.23 bits per heavy atom. The fourth-order valence-electron chi connectivity index (χ4n) is 4.06. The summed E-state index contributed by atoms with van der Waals surface area (Å²) >= 11 is 1.61. The van der Waals surface area contributed by atoms with Crippen LogP contribution in [0.15, 0.2) is 41.3 Å². The van der Waals surface area contributed by atoms with Gasteiger partial charge in [0.05, 0.1) is 25.3 Å². The molecule has 0 atom stereocenters. The summed E-state index contributed by atoms with van der Waals surface area (Å²) in [5.74, 6) is 0.0596. The van der Waals surface area contributed by atoms with Gasteiger partial charge in [0.25, 0.3) is 0 Å². The van der Waals surface area contributed by atoms with Crippen LogP contribution in [0.4, 0.5) is 0 Å². The van der Waals surface area contributed by atoms with Crippen molar-refractivity contribution in [2.75, 3.05) is 32.8 Å². The number of nitrogens with one attached hydrogen (secondary N) is 1. The average molecular weight is 426 g/mol. The van der Waals surface area contributed by atoms with Gasteiger partial charge in [-0.2, -0.15) is 0 Å². The Kier molecular flexibility index (Phi) is 7.67. The van der Waals surface area contributed by atoms with Gasteiger partial charge in [0, 0.05) is 37.1 Å². The van der Waals surface area contributed by atoms with Crippen LogP contribution in [0.25, 0.3) is 10.6 Å². The van der Waals surface area contributed by atoms with Gasteiger partial charge in [-0.15, -0.1) is 11.3 Å². The molecule has 2 aliphatic rings. The van der Waals surface area contributed by atoms with Gasteiger partial charge in [-0.3, -0.25) is 9.69 Å². The number of hydrogen-bond donors (Lipinski definition) is 1. The van der Waals surface area contributed by atoms with E-state index in [0.29, 0.717) is 6.42 Å². The van der Waals surface area contributed by atoms with Gasteiger partial charge in [-0.1, -0.05) is 29.8 Å². The third kappa shape index (κ3) is 6.24. The largest absolute Gasteiger partial charge is 0.379 e. The van der Waals surface area contributed by atoms with Crippen LogP contribution in [0.1, 0.15) is 43.4 Å². The Balaban J connectivity index is 1.28. The van der Waals surface area contributed by atoms with E-state index in [-0.39, 0.29) is 5.91 Å². The minimum absolute atomic E-state index is 0.0596. The number of thiazole rings is 1. The molecule has 5 nitrogen and oxygen atoms in total. The summed E-state index contributed by atoms with van der Waals surface area (Å²) in [6.07, 6.45) is 8.64. The SMILES string of the molecule is O=C(Cc1csc(-c2cccc(CN3CCOCC3)c2)n1)NCCC1=CCCCC1. The number of hydrogen-bond acceptors (Lipinski definition) is 5. The van der Waals surface area contributed by atoms with Crippen LogP contribution in [0, 0.1) is 0 Å². The predicted molar refractivity (Wildman–Crippen MR) is 122 cm³/mol. The molecule has 1 aromatic heterocycles. The van der Waals surface area contributed by atoms with E-state index in [1.807, 2.05) is 5.38 Å². The summed E-state index contributed by atoms with van der Waals surface area (Å²) in [5.41, 5.74) is 4.76. The van der Waals surface area contributed by atoms with E-state index in [1.165, 1.54) is 36.8 Å². The first kappa shape index (κ1) is 21.2. The van der Waals surface area contributed by atoms with Crippen LogP contribution < -0.4 is 5.32 Å². The van der Waals surface area contributed by atoms with E-state index in [2.05, 4.69) is 40.6 Å². The normalized spacial score (nSPS) is 17.5. The van der Waals surface area contributed by atoms with Crippen molar-refractivity contribution in [3.8, 4) is 10.6 Å². The fourth-order valence-corrected chi connectivity index (χ4v) is 4.88. The zero-order valence-corrected chi connectivity index (χ0v) is 18.4. The van der Waals surface area contributed by atoms with Gasteiger partial charge in [0.2, 0.25) is 5.91 Å². The molecule has 0 unspecified atom stereocenters. The number of carbonyl (C=O) groups is 1. The molecular formula is C24H31N3O2S. The molecule has 1 amide bonds. The molecule has 0 radical (unpaired) electrons. The highest BCUT2D eigenvalue weighted by Gasteiger charge is 2.13. The lowest BCUT2D eigenvalue weighted by Crippen LogP contribution is -2.35. The minimum atomic E-state index is 0.0596. The highest BCUT2D eigenvalue weighted by Crippen LogP contribution is 2.25. The summed E-state index contributed by atoms with van der Waals surface area (Å²) in [6, 6.07) is 8.58. The number of rotatable bonds is 8. The second-order valence-electron chi connectivity index (χ2n) is 8.12. The number of amides is 1. The number of allylic oxidation sites excluding steroid dienone is 1. The molecule has 1 aliphatic carbocycles. The first-order valence-corrected chi connectivity index (χ1v) is 11.9. The maximum absolute atomic E-state index is 12.3. The van der Waals surface area contributed by atoms with Crippen LogP contribution >= 0.6 is 11.3 Å². The molecule has 1 N–H and O–H groups in total. The second-order valence-corrected chi connectivity index (χ2v) is 8.98. The lowest BCUT2D eigenvalue weighted by Gasteiger charge is -2.26. The van der Waals surface area contributed by atoms with Crippen LogP contribution in [-0.4, -0.2) is 48.6 Å². The number of ether oxygens (including phenoxy) is 1. The monoisotopic (exact) mass is 425 g/mol. The first-order chi connectivity index (χ1) is 14.8. The third-order valence-corrected chi connectivity index (χ3v) is 6.67. The van der Waals surface area contributed by atoms with Crippen molar-refractivity contribution in [2.24, 2.45) is 0 Å². The van der Waals surface area contributed by atoms with Gasteiger partial charge in [0.15, 0.2) is 0 Å². The van der Waals surface area contributed by atoms with E-state index in [4.69, 9.17) is 9.72 Å². The summed E-state index contributed by atoms with van der Waals surface area (Å²) < 4.78 is 5.43. The van der Waals surface area contributed by atoms with Crippen molar-refractivity contribution in [1.82, 2.24) is 15.2 Å². The fraction of sp³-hybridized carbons (Fsp3) is 0.500. The van der Waals surface area contributed by atoms with Crippen molar-refractivity contribution in [3.63, 3.8) is 0 Å². The van der Waals surface area contributed by atoms with E-state index < -0.39 is 0 Å². The Morgan fingerprint density at radius 3 is 2.97 bits per heavy atom. The smallest absolute Gasteiger partial charge is 0.226 e. The summed E-state index contributed by atoms with van der Waals surface area (Å²) in [5, 5.41) is 6.04. The molecule has 0 spiro atoms. The molecule has 160 valence electrons. The van der Waals surface area contributed by atoms with Crippen molar-refractivity contribution >= 4 is 17.2 Å². The maximum atomic E-state index is 12.3. The quantitative estimate of drug-likeness (QED) is 0.645. The molecule has 0 saturated carbocycles. The highest BCUT2D eigenvalue weighted by molar-refractivity contribution is 7.13. The van der Waals surface area contributed by atoms with Crippen LogP contribution in [0.5, 0.6) is 0 Å². The average Bonchev–Trinajstić information content (AvgIpc) is 3.24. The topological polar surface area (TPSA) is 54.5 Å². The zero-order chi connectivity index (χ0) is 20.6. The summed E-state index contributed by atoms with van der Waals surface area (Å²) in [6.45, 7) is 5.26. The summed E-state index contributed by atoms with van der Waals surface area (Å²) in [7, 11) is 0. The van der Waals surface area contributed by atoms with Crippen LogP contribution in [-0.2, 0) is 22.5 Å². The molecular weight excluding hydrogens is 394 g/mol. The van der Waals surface area contributed by atoms with Gasteiger partial charge in [-0.05, 0) is 43.7 Å². The molecule has 0 bridgehead atoms. The molecule has 6 heteroatoms. The Labute approximate surface area is 183 Å². The molecule has 1 saturated heterocycles. The molecule has 30 heavy (non-hydrogen) atoms. The first-order valence-electron chi connectivity index (χ1n) is 11.0. The number of morpholine rings is 1. The third-order valence-electron chi connectivity index (χ3n) is 5.73. The Hall–Kier alpha value is -2.02. The molecule has 1 fully saturated rings. The maximum Gasteiger partial charge on any atom is 0.226 e. The van der Waals surface area contributed by atoms with Gasteiger partial charge < -0.3 is 10.1 Å². The van der Waals surface area contributed by atoms with Crippen LogP contribution in [0.2, 0.25) is 0 Å². The lowest BCUT2D eigenvalue weighted by molar-refractivity contribution is -0.120. The van der Waals surface area contributed by atoms with Crippen molar-refractivity contribution in [2.45, 2.75) is 45.1 Å². The Morgan fingerprint density at radius 2 is 2.13 bits per heavy atom. The van der Waals surface area contributed by atoms with E-state index >= 15 is 0 Å². The predicted octanol–water partition coefficient (Wildman–Crippen LogP) is 4.19. The van der Waals surface area contributed by atoms with E-state index in [0.717, 1.165) is 62.1 Å². The standard InChI is InChI=1S/C24H31N3O2S/c28-23(25-10-9-19-5-2-1-3-6-19)16-22-18-30-24(26-22)21-8-4-7-20(15-21)17-27-11-13-29-14-12-27/h4-5,7-8,15,18H,1-3,6,9-14,16-17H2,(H,25,28). The lowest BCUT2D eigenvalue weighted by atomic mass is 9.97. The second kappa shape index (κ2) is 10.8. The number of carbonyl (C=O) groups excluding carboxylic acids is 1. The minimum Gasteiger partial charge on any atom is -0.379 e. The van der Waals surface area contributed by atoms with Crippen molar-refractivity contribution in [1.29, 1.82) is 0 Å². The molecule has 2 heterocycles. The number of benzene rings is 1. The number of nitrogens with zero attached hydrogens (tertiary/aromatic N) is 2. The van der Waals surface area contributed by atoms with E-state index in [9.17, 15) is 4.79 Å². The number of aromatic nitrogens is 1. The molecule has 1 aromatic carbocycles. The highest BCUT2D eigenvalue weighted by atomic mass is 32.1. The van der Waals surface area contributed by atoms with Gasteiger partial charge in [-0.25, -0.2) is 4.98 Å². The Bertz CT molecular complexity index is 871. The van der Waals surface area contributed by atoms with E-state index in [1.54, 1.807) is 11.3 Å². The van der Waals surface area contributed by atoms with Gasteiger partial charge >= 0.3 is 0 Å². The van der Waals surface area contributed by atoms with Crippen molar-refractivity contribution in [3.05, 3.63) is 52.6 Å². The molecule has 4 rings (SSSR count). The van der Waals surface area contributed by atoms with Crippen molar-refractivity contribution < 1.29 is 9.53 Å². The molecule has 2 aromatic rings.